The highest BCUT2D eigenvalue weighted by Gasteiger charge is 2.19. The summed E-state index contributed by atoms with van der Waals surface area (Å²) >= 11 is 0. The van der Waals surface area contributed by atoms with Crippen LogP contribution in [0.1, 0.15) is 47.0 Å². The summed E-state index contributed by atoms with van der Waals surface area (Å²) < 4.78 is 5.23. The molecule has 0 saturated heterocycles. The average Bonchev–Trinajstić information content (AvgIpc) is 2.09. The molecule has 0 heterocycles. The summed E-state index contributed by atoms with van der Waals surface area (Å²) in [6.07, 6.45) is 3.10. The van der Waals surface area contributed by atoms with Gasteiger partial charge in [-0.3, -0.25) is 4.79 Å². The van der Waals surface area contributed by atoms with E-state index in [4.69, 9.17) is 4.74 Å². The van der Waals surface area contributed by atoms with Gasteiger partial charge < -0.3 is 4.74 Å². The Morgan fingerprint density at radius 2 is 2.00 bits per heavy atom. The Hall–Kier alpha value is -0.790. The molecule has 82 valence electrons. The first kappa shape index (κ1) is 13.2. The molecule has 0 fully saturated rings. The standard InChI is InChI=1S/C12H22O2/c1-6-7-8-10(4)12(9(2)3)14-11(5)13/h9,12H,4,6-8H2,1-3,5H3/t12-/m0/s1. The van der Waals surface area contributed by atoms with E-state index in [-0.39, 0.29) is 12.1 Å². The number of carbonyl (C=O) groups excluding carboxylic acids is 1. The SMILES string of the molecule is C=C(CCCC)[C@@H](OC(C)=O)C(C)C. The highest BCUT2D eigenvalue weighted by molar-refractivity contribution is 5.66. The molecule has 0 bridgehead atoms. The van der Waals surface area contributed by atoms with Crippen molar-refractivity contribution in [2.24, 2.45) is 5.92 Å². The number of unbranched alkanes of at least 4 members (excludes halogenated alkanes) is 1. The van der Waals surface area contributed by atoms with Crippen molar-refractivity contribution in [3.63, 3.8) is 0 Å². The maximum atomic E-state index is 10.9. The zero-order valence-corrected chi connectivity index (χ0v) is 9.80. The van der Waals surface area contributed by atoms with E-state index in [1.54, 1.807) is 0 Å². The lowest BCUT2D eigenvalue weighted by Gasteiger charge is -2.22. The van der Waals surface area contributed by atoms with Crippen molar-refractivity contribution in [3.05, 3.63) is 12.2 Å². The van der Waals surface area contributed by atoms with Gasteiger partial charge in [0, 0.05) is 6.92 Å². The van der Waals surface area contributed by atoms with Crippen LogP contribution in [-0.2, 0) is 9.53 Å². The molecular formula is C12H22O2. The zero-order chi connectivity index (χ0) is 11.1. The molecule has 2 heteroatoms. The van der Waals surface area contributed by atoms with Gasteiger partial charge in [0.1, 0.15) is 6.10 Å². The lowest BCUT2D eigenvalue weighted by molar-refractivity contribution is -0.146. The number of esters is 1. The van der Waals surface area contributed by atoms with Gasteiger partial charge in [-0.2, -0.15) is 0 Å². The van der Waals surface area contributed by atoms with E-state index in [1.165, 1.54) is 6.92 Å². The van der Waals surface area contributed by atoms with Crippen LogP contribution in [0.2, 0.25) is 0 Å². The van der Waals surface area contributed by atoms with Crippen molar-refractivity contribution in [1.82, 2.24) is 0 Å². The number of rotatable bonds is 6. The summed E-state index contributed by atoms with van der Waals surface area (Å²) in [5.74, 6) is 0.0876. The highest BCUT2D eigenvalue weighted by atomic mass is 16.5. The second-order valence-corrected chi connectivity index (χ2v) is 4.04. The molecule has 0 amide bonds. The Morgan fingerprint density at radius 1 is 1.43 bits per heavy atom. The van der Waals surface area contributed by atoms with Crippen LogP contribution in [0.15, 0.2) is 12.2 Å². The highest BCUT2D eigenvalue weighted by Crippen LogP contribution is 2.19. The quantitative estimate of drug-likeness (QED) is 0.483. The topological polar surface area (TPSA) is 26.3 Å². The monoisotopic (exact) mass is 198 g/mol. The summed E-state index contributed by atoms with van der Waals surface area (Å²) in [5.41, 5.74) is 1.04. The first-order valence-corrected chi connectivity index (χ1v) is 5.33. The van der Waals surface area contributed by atoms with Gasteiger partial charge in [0.15, 0.2) is 0 Å². The number of hydrogen-bond donors (Lipinski definition) is 0. The molecule has 14 heavy (non-hydrogen) atoms. The molecule has 0 aliphatic rings. The van der Waals surface area contributed by atoms with E-state index in [2.05, 4.69) is 13.5 Å². The predicted octanol–water partition coefficient (Wildman–Crippen LogP) is 3.32. The Bertz CT molecular complexity index is 194. The second kappa shape index (κ2) is 6.63. The third kappa shape index (κ3) is 5.05. The van der Waals surface area contributed by atoms with Gasteiger partial charge in [0.25, 0.3) is 0 Å². The molecule has 0 aliphatic heterocycles. The second-order valence-electron chi connectivity index (χ2n) is 4.04. The van der Waals surface area contributed by atoms with Crippen molar-refractivity contribution in [1.29, 1.82) is 0 Å². The van der Waals surface area contributed by atoms with Crippen molar-refractivity contribution in [2.45, 2.75) is 53.1 Å². The predicted molar refractivity (Wildman–Crippen MR) is 59.1 cm³/mol. The van der Waals surface area contributed by atoms with Crippen LogP contribution in [0.4, 0.5) is 0 Å². The average molecular weight is 198 g/mol. The van der Waals surface area contributed by atoms with Crippen LogP contribution in [0.25, 0.3) is 0 Å². The summed E-state index contributed by atoms with van der Waals surface area (Å²) in [7, 11) is 0. The Morgan fingerprint density at radius 3 is 2.36 bits per heavy atom. The first-order valence-electron chi connectivity index (χ1n) is 5.33. The van der Waals surface area contributed by atoms with Gasteiger partial charge in [-0.1, -0.05) is 33.8 Å². The van der Waals surface area contributed by atoms with Crippen LogP contribution in [0.5, 0.6) is 0 Å². The molecule has 0 aliphatic carbocycles. The van der Waals surface area contributed by atoms with Crippen LogP contribution in [-0.4, -0.2) is 12.1 Å². The van der Waals surface area contributed by atoms with Gasteiger partial charge in [-0.15, -0.1) is 0 Å². The Balaban J connectivity index is 4.19. The van der Waals surface area contributed by atoms with Crippen molar-refractivity contribution >= 4 is 5.97 Å². The molecule has 0 unspecified atom stereocenters. The molecule has 1 atom stereocenters. The van der Waals surface area contributed by atoms with Gasteiger partial charge in [0.05, 0.1) is 0 Å². The maximum Gasteiger partial charge on any atom is 0.303 e. The number of hydrogen-bond acceptors (Lipinski definition) is 2. The van der Waals surface area contributed by atoms with Crippen molar-refractivity contribution < 1.29 is 9.53 Å². The van der Waals surface area contributed by atoms with Crippen molar-refractivity contribution in [2.75, 3.05) is 0 Å². The Kier molecular flexibility index (Phi) is 6.26. The van der Waals surface area contributed by atoms with Crippen LogP contribution in [0.3, 0.4) is 0 Å². The molecule has 0 aromatic carbocycles. The molecule has 0 spiro atoms. The van der Waals surface area contributed by atoms with Gasteiger partial charge in [-0.25, -0.2) is 0 Å². The van der Waals surface area contributed by atoms with E-state index in [9.17, 15) is 4.79 Å². The lowest BCUT2D eigenvalue weighted by atomic mass is 9.96. The molecular weight excluding hydrogens is 176 g/mol. The maximum absolute atomic E-state index is 10.9. The third-order valence-corrected chi connectivity index (χ3v) is 2.15. The van der Waals surface area contributed by atoms with Gasteiger partial charge >= 0.3 is 5.97 Å². The fourth-order valence-corrected chi connectivity index (χ4v) is 1.42. The van der Waals surface area contributed by atoms with E-state index in [1.807, 2.05) is 13.8 Å². The minimum atomic E-state index is -0.221. The van der Waals surface area contributed by atoms with E-state index >= 15 is 0 Å². The van der Waals surface area contributed by atoms with E-state index in [0.29, 0.717) is 5.92 Å². The summed E-state index contributed by atoms with van der Waals surface area (Å²) in [6, 6.07) is 0. The first-order chi connectivity index (χ1) is 6.49. The fraction of sp³-hybridized carbons (Fsp3) is 0.750. The van der Waals surface area contributed by atoms with E-state index < -0.39 is 0 Å². The Labute approximate surface area is 87.3 Å². The summed E-state index contributed by atoms with van der Waals surface area (Å²) in [6.45, 7) is 11.7. The minimum Gasteiger partial charge on any atom is -0.458 e. The number of ether oxygens (including phenoxy) is 1. The molecule has 0 aromatic rings. The fourth-order valence-electron chi connectivity index (χ4n) is 1.42. The van der Waals surface area contributed by atoms with Crippen LogP contribution < -0.4 is 0 Å². The zero-order valence-electron chi connectivity index (χ0n) is 9.80. The normalized spacial score (nSPS) is 12.6. The van der Waals surface area contributed by atoms with Crippen molar-refractivity contribution in [3.8, 4) is 0 Å². The summed E-state index contributed by atoms with van der Waals surface area (Å²) in [4.78, 5) is 10.9. The molecule has 0 saturated carbocycles. The van der Waals surface area contributed by atoms with Crippen LogP contribution in [0, 0.1) is 5.92 Å². The molecule has 0 aromatic heterocycles. The molecule has 0 radical (unpaired) electrons. The number of carbonyl (C=O) groups is 1. The molecule has 0 N–H and O–H groups in total. The lowest BCUT2D eigenvalue weighted by Crippen LogP contribution is -2.24. The third-order valence-electron chi connectivity index (χ3n) is 2.15. The summed E-state index contributed by atoms with van der Waals surface area (Å²) in [5, 5.41) is 0. The molecule has 2 nitrogen and oxygen atoms in total. The molecule has 0 rings (SSSR count). The smallest absolute Gasteiger partial charge is 0.303 e. The minimum absolute atomic E-state index is 0.112. The van der Waals surface area contributed by atoms with Crippen LogP contribution >= 0.6 is 0 Å². The largest absolute Gasteiger partial charge is 0.458 e. The van der Waals surface area contributed by atoms with Gasteiger partial charge in [0.2, 0.25) is 0 Å². The van der Waals surface area contributed by atoms with E-state index in [0.717, 1.165) is 24.8 Å². The van der Waals surface area contributed by atoms with Gasteiger partial charge in [-0.05, 0) is 24.3 Å².